The van der Waals surface area contributed by atoms with Crippen molar-refractivity contribution in [2.24, 2.45) is 0 Å². The average Bonchev–Trinajstić information content (AvgIpc) is 2.12. The molecule has 4 heteroatoms. The van der Waals surface area contributed by atoms with Gasteiger partial charge in [0.15, 0.2) is 0 Å². The molecule has 13 heavy (non-hydrogen) atoms. The zero-order valence-corrected chi connectivity index (χ0v) is 7.15. The molecule has 0 aliphatic carbocycles. The van der Waals surface area contributed by atoms with Crippen LogP contribution < -0.4 is 0 Å². The Labute approximate surface area is 78.0 Å². The van der Waals surface area contributed by atoms with Gasteiger partial charge in [-0.1, -0.05) is 11.6 Å². The number of hydrogen-bond acceptors (Lipinski definition) is 1. The first-order valence-corrected chi connectivity index (χ1v) is 3.96. The lowest BCUT2D eigenvalue weighted by atomic mass is 10.1. The quantitative estimate of drug-likeness (QED) is 0.594. The number of rotatable bonds is 0. The predicted molar refractivity (Wildman–Crippen MR) is 46.7 cm³/mol. The molecule has 0 N–H and O–H groups in total. The van der Waals surface area contributed by atoms with Gasteiger partial charge < -0.3 is 0 Å². The van der Waals surface area contributed by atoms with Crippen molar-refractivity contribution in [2.45, 2.75) is 0 Å². The van der Waals surface area contributed by atoms with E-state index in [1.165, 1.54) is 12.3 Å². The van der Waals surface area contributed by atoms with Crippen molar-refractivity contribution in [1.82, 2.24) is 4.98 Å². The summed E-state index contributed by atoms with van der Waals surface area (Å²) >= 11 is 5.62. The number of fused-ring (bicyclic) bond motifs is 1. The third-order valence-corrected chi connectivity index (χ3v) is 2.06. The molecule has 0 amide bonds. The first-order valence-electron chi connectivity index (χ1n) is 3.58. The van der Waals surface area contributed by atoms with Gasteiger partial charge in [0.25, 0.3) is 0 Å². The maximum atomic E-state index is 13.1. The van der Waals surface area contributed by atoms with Crippen molar-refractivity contribution >= 4 is 22.4 Å². The van der Waals surface area contributed by atoms with Crippen LogP contribution in [0.5, 0.6) is 0 Å². The molecule has 1 nitrogen and oxygen atoms in total. The van der Waals surface area contributed by atoms with Gasteiger partial charge in [0.1, 0.15) is 16.8 Å². The zero-order chi connectivity index (χ0) is 9.42. The first kappa shape index (κ1) is 8.38. The van der Waals surface area contributed by atoms with Gasteiger partial charge in [0.05, 0.1) is 5.39 Å². The fourth-order valence-corrected chi connectivity index (χ4v) is 1.43. The Bertz CT molecular complexity index is 462. The zero-order valence-electron chi connectivity index (χ0n) is 6.39. The minimum Gasteiger partial charge on any atom is -0.244 e. The van der Waals surface area contributed by atoms with Crippen molar-refractivity contribution in [2.75, 3.05) is 0 Å². The summed E-state index contributed by atoms with van der Waals surface area (Å²) in [5.41, 5.74) is 0. The highest BCUT2D eigenvalue weighted by atomic mass is 35.5. The summed E-state index contributed by atoms with van der Waals surface area (Å²) in [6, 6.07) is 3.48. The summed E-state index contributed by atoms with van der Waals surface area (Å²) in [6.07, 6.45) is 1.34. The molecule has 0 saturated carbocycles. The van der Waals surface area contributed by atoms with E-state index in [1.54, 1.807) is 0 Å². The van der Waals surface area contributed by atoms with E-state index < -0.39 is 11.6 Å². The Hall–Kier alpha value is -1.22. The van der Waals surface area contributed by atoms with E-state index in [2.05, 4.69) is 4.98 Å². The number of pyridine rings is 1. The Balaban J connectivity index is 3.00. The van der Waals surface area contributed by atoms with E-state index in [0.717, 1.165) is 12.1 Å². The molecule has 66 valence electrons. The highest BCUT2D eigenvalue weighted by Crippen LogP contribution is 2.25. The SMILES string of the molecule is Fc1ccc(F)c2c(Cl)nccc12. The molecule has 0 spiro atoms. The van der Waals surface area contributed by atoms with Crippen LogP contribution in [0.15, 0.2) is 24.4 Å². The van der Waals surface area contributed by atoms with E-state index in [4.69, 9.17) is 11.6 Å². The maximum absolute atomic E-state index is 13.1. The molecule has 1 aromatic heterocycles. The van der Waals surface area contributed by atoms with Gasteiger partial charge in [-0.3, -0.25) is 0 Å². The Morgan fingerprint density at radius 1 is 1.08 bits per heavy atom. The third kappa shape index (κ3) is 1.25. The topological polar surface area (TPSA) is 12.9 Å². The fourth-order valence-electron chi connectivity index (χ4n) is 1.18. The van der Waals surface area contributed by atoms with Crippen LogP contribution >= 0.6 is 11.6 Å². The molecule has 0 atom stereocenters. The van der Waals surface area contributed by atoms with Crippen molar-refractivity contribution < 1.29 is 8.78 Å². The van der Waals surface area contributed by atoms with E-state index in [9.17, 15) is 8.78 Å². The van der Waals surface area contributed by atoms with Crippen molar-refractivity contribution in [1.29, 1.82) is 0 Å². The lowest BCUT2D eigenvalue weighted by Crippen LogP contribution is -1.87. The van der Waals surface area contributed by atoms with Gasteiger partial charge in [0.2, 0.25) is 0 Å². The summed E-state index contributed by atoms with van der Waals surface area (Å²) in [6.45, 7) is 0. The lowest BCUT2D eigenvalue weighted by Gasteiger charge is -2.01. The molecule has 0 radical (unpaired) electrons. The second kappa shape index (κ2) is 2.92. The van der Waals surface area contributed by atoms with Crippen molar-refractivity contribution in [3.8, 4) is 0 Å². The molecule has 0 bridgehead atoms. The van der Waals surface area contributed by atoms with E-state index in [1.807, 2.05) is 0 Å². The van der Waals surface area contributed by atoms with E-state index in [0.29, 0.717) is 0 Å². The van der Waals surface area contributed by atoms with Crippen LogP contribution in [0, 0.1) is 11.6 Å². The number of hydrogen-bond donors (Lipinski definition) is 0. The van der Waals surface area contributed by atoms with Crippen LogP contribution in [0.3, 0.4) is 0 Å². The largest absolute Gasteiger partial charge is 0.244 e. The highest BCUT2D eigenvalue weighted by molar-refractivity contribution is 6.34. The molecule has 2 aromatic rings. The lowest BCUT2D eigenvalue weighted by molar-refractivity contribution is 0.617. The molecule has 0 unspecified atom stereocenters. The molecule has 0 fully saturated rings. The van der Waals surface area contributed by atoms with Gasteiger partial charge >= 0.3 is 0 Å². The first-order chi connectivity index (χ1) is 6.20. The van der Waals surface area contributed by atoms with Gasteiger partial charge in [-0.25, -0.2) is 13.8 Å². The minimum absolute atomic E-state index is 0.0190. The number of aromatic nitrogens is 1. The molecular formula is C9H4ClF2N. The summed E-state index contributed by atoms with van der Waals surface area (Å²) in [5, 5.41) is 0.165. The van der Waals surface area contributed by atoms with Gasteiger partial charge in [-0.2, -0.15) is 0 Å². The third-order valence-electron chi connectivity index (χ3n) is 1.78. The number of nitrogens with zero attached hydrogens (tertiary/aromatic N) is 1. The van der Waals surface area contributed by atoms with Crippen LogP contribution in [0.2, 0.25) is 5.15 Å². The molecule has 0 aliphatic heterocycles. The normalized spacial score (nSPS) is 10.7. The van der Waals surface area contributed by atoms with Gasteiger partial charge in [0, 0.05) is 11.6 Å². The monoisotopic (exact) mass is 199 g/mol. The predicted octanol–water partition coefficient (Wildman–Crippen LogP) is 3.17. The Morgan fingerprint density at radius 2 is 1.77 bits per heavy atom. The highest BCUT2D eigenvalue weighted by Gasteiger charge is 2.08. The molecular weight excluding hydrogens is 196 g/mol. The summed E-state index contributed by atoms with van der Waals surface area (Å²) in [7, 11) is 0. The standard InChI is InChI=1S/C9H4ClF2N/c10-9-8-5(3-4-13-9)6(11)1-2-7(8)12/h1-4H. The van der Waals surface area contributed by atoms with Crippen LogP contribution in [0.1, 0.15) is 0 Å². The summed E-state index contributed by atoms with van der Waals surface area (Å²) in [5.74, 6) is -1.06. The molecule has 1 aromatic carbocycles. The van der Waals surface area contributed by atoms with Gasteiger partial charge in [-0.05, 0) is 18.2 Å². The van der Waals surface area contributed by atoms with Crippen LogP contribution in [-0.4, -0.2) is 4.98 Å². The summed E-state index contributed by atoms with van der Waals surface area (Å²) in [4.78, 5) is 3.67. The van der Waals surface area contributed by atoms with Crippen LogP contribution in [-0.2, 0) is 0 Å². The molecule has 0 saturated heterocycles. The second-order valence-corrected chi connectivity index (χ2v) is 2.91. The number of halogens is 3. The van der Waals surface area contributed by atoms with Crippen LogP contribution in [0.25, 0.3) is 10.8 Å². The molecule has 0 aliphatic rings. The van der Waals surface area contributed by atoms with Crippen molar-refractivity contribution in [3.63, 3.8) is 0 Å². The molecule has 1 heterocycles. The van der Waals surface area contributed by atoms with E-state index >= 15 is 0 Å². The smallest absolute Gasteiger partial charge is 0.139 e. The Morgan fingerprint density at radius 3 is 2.46 bits per heavy atom. The maximum Gasteiger partial charge on any atom is 0.139 e. The van der Waals surface area contributed by atoms with Crippen LogP contribution in [0.4, 0.5) is 8.78 Å². The minimum atomic E-state index is -0.561. The average molecular weight is 200 g/mol. The van der Waals surface area contributed by atoms with Gasteiger partial charge in [-0.15, -0.1) is 0 Å². The molecule has 2 rings (SSSR count). The number of benzene rings is 1. The fraction of sp³-hybridized carbons (Fsp3) is 0. The van der Waals surface area contributed by atoms with Crippen molar-refractivity contribution in [3.05, 3.63) is 41.2 Å². The Kier molecular flexibility index (Phi) is 1.88. The van der Waals surface area contributed by atoms with E-state index in [-0.39, 0.29) is 15.9 Å². The second-order valence-electron chi connectivity index (χ2n) is 2.55. The summed E-state index contributed by atoms with van der Waals surface area (Å²) < 4.78 is 26.2.